The minimum absolute atomic E-state index is 0.0376. The first kappa shape index (κ1) is 15.4. The molecular formula is C15H11BrF2O3. The van der Waals surface area contributed by atoms with E-state index >= 15 is 0 Å². The first-order valence-electron chi connectivity index (χ1n) is 5.94. The second-order valence-corrected chi connectivity index (χ2v) is 5.07. The number of halogens is 3. The quantitative estimate of drug-likeness (QED) is 0.755. The third-order valence-corrected chi connectivity index (χ3v) is 3.28. The average Bonchev–Trinajstić information content (AvgIpc) is 2.44. The van der Waals surface area contributed by atoms with E-state index in [0.29, 0.717) is 33.4 Å². The molecule has 0 fully saturated rings. The largest absolute Gasteiger partial charge is 0.493 e. The minimum Gasteiger partial charge on any atom is -0.493 e. The molecule has 0 unspecified atom stereocenters. The number of hydrogen-bond acceptors (Lipinski definition) is 3. The molecule has 0 amide bonds. The van der Waals surface area contributed by atoms with E-state index in [-0.39, 0.29) is 6.61 Å². The Morgan fingerprint density at radius 1 is 1.14 bits per heavy atom. The highest BCUT2D eigenvalue weighted by Gasteiger charge is 2.12. The summed E-state index contributed by atoms with van der Waals surface area (Å²) >= 11 is 3.27. The van der Waals surface area contributed by atoms with Gasteiger partial charge in [-0.15, -0.1) is 0 Å². The van der Waals surface area contributed by atoms with Gasteiger partial charge in [0.1, 0.15) is 24.5 Å². The van der Waals surface area contributed by atoms with Crippen molar-refractivity contribution < 1.29 is 23.0 Å². The molecule has 6 heteroatoms. The maximum Gasteiger partial charge on any atom is 0.175 e. The van der Waals surface area contributed by atoms with Crippen molar-refractivity contribution in [3.63, 3.8) is 0 Å². The first-order chi connectivity index (χ1) is 10.0. The van der Waals surface area contributed by atoms with Gasteiger partial charge in [0.25, 0.3) is 0 Å². The van der Waals surface area contributed by atoms with Crippen molar-refractivity contribution in [3.05, 3.63) is 57.6 Å². The van der Waals surface area contributed by atoms with Gasteiger partial charge in [0, 0.05) is 11.6 Å². The maximum atomic E-state index is 13.1. The van der Waals surface area contributed by atoms with Crippen LogP contribution in [0.4, 0.5) is 8.78 Å². The Kier molecular flexibility index (Phi) is 4.90. The highest BCUT2D eigenvalue weighted by molar-refractivity contribution is 9.10. The number of aldehydes is 1. The number of carbonyl (C=O) groups is 1. The molecule has 3 nitrogen and oxygen atoms in total. The van der Waals surface area contributed by atoms with E-state index < -0.39 is 11.6 Å². The first-order valence-corrected chi connectivity index (χ1v) is 6.73. The van der Waals surface area contributed by atoms with Gasteiger partial charge in [0.15, 0.2) is 11.5 Å². The molecule has 0 saturated heterocycles. The zero-order chi connectivity index (χ0) is 15.4. The van der Waals surface area contributed by atoms with Gasteiger partial charge < -0.3 is 9.47 Å². The molecule has 110 valence electrons. The fourth-order valence-corrected chi connectivity index (χ4v) is 2.37. The number of carbonyl (C=O) groups excluding carboxylic acids is 1. The summed E-state index contributed by atoms with van der Waals surface area (Å²) in [5.41, 5.74) is 0.767. The molecule has 0 spiro atoms. The van der Waals surface area contributed by atoms with Crippen LogP contribution in [-0.2, 0) is 6.61 Å². The molecule has 0 aliphatic heterocycles. The van der Waals surface area contributed by atoms with Crippen molar-refractivity contribution in [1.82, 2.24) is 0 Å². The normalized spacial score (nSPS) is 10.3. The molecule has 0 radical (unpaired) electrons. The van der Waals surface area contributed by atoms with Crippen molar-refractivity contribution >= 4 is 22.2 Å². The number of hydrogen-bond donors (Lipinski definition) is 0. The van der Waals surface area contributed by atoms with Crippen molar-refractivity contribution in [3.8, 4) is 11.5 Å². The summed E-state index contributed by atoms with van der Waals surface area (Å²) in [6, 6.07) is 6.24. The van der Waals surface area contributed by atoms with E-state index in [2.05, 4.69) is 15.9 Å². The third kappa shape index (κ3) is 3.78. The van der Waals surface area contributed by atoms with Crippen molar-refractivity contribution in [2.24, 2.45) is 0 Å². The topological polar surface area (TPSA) is 35.5 Å². The van der Waals surface area contributed by atoms with Crippen LogP contribution in [0.5, 0.6) is 11.5 Å². The second kappa shape index (κ2) is 6.67. The summed E-state index contributed by atoms with van der Waals surface area (Å²) < 4.78 is 37.4. The number of ether oxygens (including phenoxy) is 2. The van der Waals surface area contributed by atoms with Crippen LogP contribution in [0.1, 0.15) is 15.9 Å². The Morgan fingerprint density at radius 3 is 2.38 bits per heavy atom. The van der Waals surface area contributed by atoms with Crippen LogP contribution in [0, 0.1) is 11.6 Å². The zero-order valence-corrected chi connectivity index (χ0v) is 12.6. The summed E-state index contributed by atoms with van der Waals surface area (Å²) in [7, 11) is 1.44. The Labute approximate surface area is 128 Å². The molecule has 2 aromatic rings. The predicted molar refractivity (Wildman–Crippen MR) is 76.8 cm³/mol. The molecule has 0 atom stereocenters. The molecule has 0 heterocycles. The molecule has 0 aliphatic carbocycles. The summed E-state index contributed by atoms with van der Waals surface area (Å²) in [4.78, 5) is 10.8. The fraction of sp³-hybridized carbons (Fsp3) is 0.133. The fourth-order valence-electron chi connectivity index (χ4n) is 1.80. The zero-order valence-electron chi connectivity index (χ0n) is 11.0. The summed E-state index contributed by atoms with van der Waals surface area (Å²) in [6.07, 6.45) is 0.680. The van der Waals surface area contributed by atoms with Gasteiger partial charge in [-0.25, -0.2) is 8.78 Å². The Bertz CT molecular complexity index is 654. The Morgan fingerprint density at radius 2 is 1.81 bits per heavy atom. The SMILES string of the molecule is COc1cc(C=O)cc(Br)c1OCc1cc(F)cc(F)c1. The molecule has 21 heavy (non-hydrogen) atoms. The minimum atomic E-state index is -0.670. The monoisotopic (exact) mass is 356 g/mol. The van der Waals surface area contributed by atoms with Crippen molar-refractivity contribution in [2.75, 3.05) is 7.11 Å². The second-order valence-electron chi connectivity index (χ2n) is 4.22. The smallest absolute Gasteiger partial charge is 0.175 e. The molecule has 0 aromatic heterocycles. The number of methoxy groups -OCH3 is 1. The lowest BCUT2D eigenvalue weighted by Gasteiger charge is -2.13. The van der Waals surface area contributed by atoms with Gasteiger partial charge >= 0.3 is 0 Å². The van der Waals surface area contributed by atoms with Crippen LogP contribution in [0.2, 0.25) is 0 Å². The van der Waals surface area contributed by atoms with Crippen molar-refractivity contribution in [1.29, 1.82) is 0 Å². The molecule has 2 rings (SSSR count). The van der Waals surface area contributed by atoms with E-state index in [4.69, 9.17) is 9.47 Å². The highest BCUT2D eigenvalue weighted by atomic mass is 79.9. The van der Waals surface area contributed by atoms with Crippen LogP contribution < -0.4 is 9.47 Å². The van der Waals surface area contributed by atoms with Crippen LogP contribution in [0.15, 0.2) is 34.8 Å². The molecule has 0 bridgehead atoms. The molecular weight excluding hydrogens is 346 g/mol. The lowest BCUT2D eigenvalue weighted by atomic mass is 10.2. The standard InChI is InChI=1S/C15H11BrF2O3/c1-20-14-5-9(7-19)4-13(16)15(14)21-8-10-2-11(17)6-12(18)3-10/h2-7H,8H2,1H3. The number of benzene rings is 2. The van der Waals surface area contributed by atoms with E-state index in [0.717, 1.165) is 6.07 Å². The van der Waals surface area contributed by atoms with Crippen LogP contribution in [-0.4, -0.2) is 13.4 Å². The average molecular weight is 357 g/mol. The molecule has 2 aromatic carbocycles. The lowest BCUT2D eigenvalue weighted by molar-refractivity contribution is 0.112. The van der Waals surface area contributed by atoms with E-state index in [9.17, 15) is 13.6 Å². The van der Waals surface area contributed by atoms with Gasteiger partial charge in [0.05, 0.1) is 11.6 Å². The van der Waals surface area contributed by atoms with Crippen LogP contribution >= 0.6 is 15.9 Å². The van der Waals surface area contributed by atoms with Gasteiger partial charge in [0.2, 0.25) is 0 Å². The van der Waals surface area contributed by atoms with Crippen LogP contribution in [0.3, 0.4) is 0 Å². The van der Waals surface area contributed by atoms with E-state index in [1.807, 2.05) is 0 Å². The third-order valence-electron chi connectivity index (χ3n) is 2.69. The van der Waals surface area contributed by atoms with E-state index in [1.165, 1.54) is 25.3 Å². The maximum absolute atomic E-state index is 13.1. The molecule has 0 saturated carbocycles. The molecule has 0 N–H and O–H groups in total. The van der Waals surface area contributed by atoms with Gasteiger partial charge in [-0.2, -0.15) is 0 Å². The highest BCUT2D eigenvalue weighted by Crippen LogP contribution is 2.36. The summed E-state index contributed by atoms with van der Waals surface area (Å²) in [5, 5.41) is 0. The van der Waals surface area contributed by atoms with Gasteiger partial charge in [-0.05, 0) is 45.8 Å². The summed E-state index contributed by atoms with van der Waals surface area (Å²) in [6.45, 7) is -0.0376. The van der Waals surface area contributed by atoms with Crippen molar-refractivity contribution in [2.45, 2.75) is 6.61 Å². The van der Waals surface area contributed by atoms with Crippen LogP contribution in [0.25, 0.3) is 0 Å². The summed E-state index contributed by atoms with van der Waals surface area (Å²) in [5.74, 6) is -0.636. The Hall–Kier alpha value is -1.95. The van der Waals surface area contributed by atoms with Gasteiger partial charge in [-0.3, -0.25) is 4.79 Å². The predicted octanol–water partition coefficient (Wildman–Crippen LogP) is 4.13. The molecule has 0 aliphatic rings. The van der Waals surface area contributed by atoms with E-state index in [1.54, 1.807) is 6.07 Å². The Balaban J connectivity index is 2.25. The number of rotatable bonds is 5. The lowest BCUT2D eigenvalue weighted by Crippen LogP contribution is -2.00. The van der Waals surface area contributed by atoms with Gasteiger partial charge in [-0.1, -0.05) is 0 Å².